The van der Waals surface area contributed by atoms with Gasteiger partial charge in [-0.15, -0.1) is 0 Å². The maximum atomic E-state index is 10.9. The average Bonchev–Trinajstić information content (AvgIpc) is 2.46. The number of piperidine rings is 1. The van der Waals surface area contributed by atoms with Crippen LogP contribution in [-0.4, -0.2) is 42.7 Å². The summed E-state index contributed by atoms with van der Waals surface area (Å²) < 4.78 is 5.13. The highest BCUT2D eigenvalue weighted by molar-refractivity contribution is 5.70. The number of rotatable bonds is 5. The van der Waals surface area contributed by atoms with E-state index in [1.165, 1.54) is 5.56 Å². The number of carboxylic acids is 1. The van der Waals surface area contributed by atoms with Crippen LogP contribution in [0.4, 0.5) is 0 Å². The molecule has 0 radical (unpaired) electrons. The number of methoxy groups -OCH3 is 1. The van der Waals surface area contributed by atoms with Crippen LogP contribution in [-0.2, 0) is 11.2 Å². The first-order valence-electron chi connectivity index (χ1n) is 6.77. The fraction of sp³-hybridized carbons (Fsp3) is 0.533. The van der Waals surface area contributed by atoms with Crippen LogP contribution in [0.25, 0.3) is 0 Å². The molecule has 1 N–H and O–H groups in total. The molecule has 0 aliphatic carbocycles. The molecule has 1 aliphatic rings. The van der Waals surface area contributed by atoms with E-state index in [4.69, 9.17) is 9.84 Å². The number of carbonyl (C=O) groups is 1. The first-order chi connectivity index (χ1) is 9.19. The van der Waals surface area contributed by atoms with E-state index in [2.05, 4.69) is 17.0 Å². The summed E-state index contributed by atoms with van der Waals surface area (Å²) in [4.78, 5) is 13.2. The Balaban J connectivity index is 1.75. The molecule has 0 spiro atoms. The zero-order valence-electron chi connectivity index (χ0n) is 11.3. The van der Waals surface area contributed by atoms with Gasteiger partial charge in [0.05, 0.1) is 13.0 Å². The lowest BCUT2D eigenvalue weighted by Crippen LogP contribution is -2.37. The van der Waals surface area contributed by atoms with Crippen molar-refractivity contribution in [1.29, 1.82) is 0 Å². The van der Waals surface area contributed by atoms with Crippen molar-refractivity contribution in [2.75, 3.05) is 26.7 Å². The monoisotopic (exact) mass is 263 g/mol. The molecule has 0 saturated carbocycles. The Morgan fingerprint density at radius 3 is 2.47 bits per heavy atom. The molecule has 2 rings (SSSR count). The molecule has 0 aromatic heterocycles. The zero-order valence-corrected chi connectivity index (χ0v) is 11.3. The van der Waals surface area contributed by atoms with Crippen LogP contribution in [0, 0.1) is 5.92 Å². The molecule has 0 amide bonds. The van der Waals surface area contributed by atoms with E-state index in [1.807, 2.05) is 12.1 Å². The number of ether oxygens (including phenoxy) is 1. The highest BCUT2D eigenvalue weighted by atomic mass is 16.5. The van der Waals surface area contributed by atoms with Gasteiger partial charge >= 0.3 is 5.97 Å². The standard InChI is InChI=1S/C15H21NO3/c1-19-14-4-2-12(3-5-14)6-9-16-10-7-13(8-11-16)15(17)18/h2-5,13H,6-11H2,1H3,(H,17,18). The number of benzene rings is 1. The van der Waals surface area contributed by atoms with Crippen molar-refractivity contribution in [3.8, 4) is 5.75 Å². The molecule has 1 heterocycles. The highest BCUT2D eigenvalue weighted by Gasteiger charge is 2.23. The third kappa shape index (κ3) is 3.96. The van der Waals surface area contributed by atoms with Crippen molar-refractivity contribution >= 4 is 5.97 Å². The van der Waals surface area contributed by atoms with E-state index in [1.54, 1.807) is 7.11 Å². The van der Waals surface area contributed by atoms with Crippen molar-refractivity contribution in [2.24, 2.45) is 5.92 Å². The Morgan fingerprint density at radius 1 is 1.32 bits per heavy atom. The van der Waals surface area contributed by atoms with Gasteiger partial charge in [-0.25, -0.2) is 0 Å². The Bertz CT molecular complexity index is 408. The largest absolute Gasteiger partial charge is 0.497 e. The molecule has 4 heteroatoms. The summed E-state index contributed by atoms with van der Waals surface area (Å²) in [5.74, 6) is 0.0954. The number of aliphatic carboxylic acids is 1. The lowest BCUT2D eigenvalue weighted by Gasteiger charge is -2.29. The summed E-state index contributed by atoms with van der Waals surface area (Å²) in [6.45, 7) is 2.79. The molecule has 1 fully saturated rings. The summed E-state index contributed by atoms with van der Waals surface area (Å²) in [6, 6.07) is 8.13. The summed E-state index contributed by atoms with van der Waals surface area (Å²) in [6.07, 6.45) is 2.55. The van der Waals surface area contributed by atoms with Crippen molar-refractivity contribution < 1.29 is 14.6 Å². The maximum absolute atomic E-state index is 10.9. The predicted octanol–water partition coefficient (Wildman–Crippen LogP) is 2.03. The molecular formula is C15H21NO3. The topological polar surface area (TPSA) is 49.8 Å². The fourth-order valence-electron chi connectivity index (χ4n) is 2.48. The number of nitrogens with zero attached hydrogens (tertiary/aromatic N) is 1. The smallest absolute Gasteiger partial charge is 0.306 e. The minimum absolute atomic E-state index is 0.141. The molecule has 104 valence electrons. The molecule has 0 bridgehead atoms. The summed E-state index contributed by atoms with van der Waals surface area (Å²) >= 11 is 0. The number of carboxylic acid groups (broad SMARTS) is 1. The summed E-state index contributed by atoms with van der Waals surface area (Å²) in [7, 11) is 1.67. The molecule has 1 aromatic rings. The Labute approximate surface area is 114 Å². The van der Waals surface area contributed by atoms with Crippen LogP contribution in [0.1, 0.15) is 18.4 Å². The first kappa shape index (κ1) is 13.9. The van der Waals surface area contributed by atoms with Gasteiger partial charge in [-0.3, -0.25) is 4.79 Å². The van der Waals surface area contributed by atoms with Crippen molar-refractivity contribution in [1.82, 2.24) is 4.90 Å². The summed E-state index contributed by atoms with van der Waals surface area (Å²) in [5.41, 5.74) is 1.29. The molecule has 1 aromatic carbocycles. The van der Waals surface area contributed by atoms with Gasteiger partial charge in [-0.1, -0.05) is 12.1 Å². The van der Waals surface area contributed by atoms with Crippen LogP contribution < -0.4 is 4.74 Å². The molecule has 4 nitrogen and oxygen atoms in total. The van der Waals surface area contributed by atoms with Crippen LogP contribution in [0.15, 0.2) is 24.3 Å². The van der Waals surface area contributed by atoms with Gasteiger partial charge < -0.3 is 14.7 Å². The van der Waals surface area contributed by atoms with Crippen LogP contribution >= 0.6 is 0 Å². The lowest BCUT2D eigenvalue weighted by atomic mass is 9.97. The zero-order chi connectivity index (χ0) is 13.7. The fourth-order valence-corrected chi connectivity index (χ4v) is 2.48. The third-order valence-corrected chi connectivity index (χ3v) is 3.81. The maximum Gasteiger partial charge on any atom is 0.306 e. The van der Waals surface area contributed by atoms with E-state index >= 15 is 0 Å². The quantitative estimate of drug-likeness (QED) is 0.883. The molecule has 0 atom stereocenters. The van der Waals surface area contributed by atoms with Crippen LogP contribution in [0.5, 0.6) is 5.75 Å². The van der Waals surface area contributed by atoms with Crippen molar-refractivity contribution in [3.63, 3.8) is 0 Å². The van der Waals surface area contributed by atoms with Gasteiger partial charge in [0.15, 0.2) is 0 Å². The highest BCUT2D eigenvalue weighted by Crippen LogP contribution is 2.18. The minimum Gasteiger partial charge on any atom is -0.497 e. The van der Waals surface area contributed by atoms with E-state index < -0.39 is 5.97 Å². The summed E-state index contributed by atoms with van der Waals surface area (Å²) in [5, 5.41) is 8.95. The number of hydrogen-bond donors (Lipinski definition) is 1. The molecular weight excluding hydrogens is 242 g/mol. The van der Waals surface area contributed by atoms with Gasteiger partial charge in [0, 0.05) is 6.54 Å². The molecule has 0 unspecified atom stereocenters. The third-order valence-electron chi connectivity index (χ3n) is 3.81. The Kier molecular flexibility index (Phi) is 4.80. The Hall–Kier alpha value is -1.55. The van der Waals surface area contributed by atoms with Gasteiger partial charge in [0.25, 0.3) is 0 Å². The van der Waals surface area contributed by atoms with Crippen molar-refractivity contribution in [2.45, 2.75) is 19.3 Å². The van der Waals surface area contributed by atoms with Gasteiger partial charge in [0.2, 0.25) is 0 Å². The van der Waals surface area contributed by atoms with Crippen LogP contribution in [0.2, 0.25) is 0 Å². The van der Waals surface area contributed by atoms with E-state index in [-0.39, 0.29) is 5.92 Å². The molecule has 1 aliphatic heterocycles. The van der Waals surface area contributed by atoms with Gasteiger partial charge in [-0.2, -0.15) is 0 Å². The normalized spacial score (nSPS) is 17.3. The van der Waals surface area contributed by atoms with E-state index in [0.29, 0.717) is 0 Å². The van der Waals surface area contributed by atoms with Gasteiger partial charge in [0.1, 0.15) is 5.75 Å². The second-order valence-corrected chi connectivity index (χ2v) is 5.05. The van der Waals surface area contributed by atoms with Crippen molar-refractivity contribution in [3.05, 3.63) is 29.8 Å². The SMILES string of the molecule is COc1ccc(CCN2CCC(C(=O)O)CC2)cc1. The predicted molar refractivity (Wildman–Crippen MR) is 73.5 cm³/mol. The number of likely N-dealkylation sites (tertiary alicyclic amines) is 1. The molecule has 1 saturated heterocycles. The first-order valence-corrected chi connectivity index (χ1v) is 6.77. The second-order valence-electron chi connectivity index (χ2n) is 5.05. The molecule has 19 heavy (non-hydrogen) atoms. The van der Waals surface area contributed by atoms with E-state index in [0.717, 1.165) is 44.6 Å². The minimum atomic E-state index is -0.644. The number of hydrogen-bond acceptors (Lipinski definition) is 3. The Morgan fingerprint density at radius 2 is 1.95 bits per heavy atom. The average molecular weight is 263 g/mol. The van der Waals surface area contributed by atoms with Crippen LogP contribution in [0.3, 0.4) is 0 Å². The second kappa shape index (κ2) is 6.57. The lowest BCUT2D eigenvalue weighted by molar-refractivity contribution is -0.143. The van der Waals surface area contributed by atoms with Gasteiger partial charge in [-0.05, 0) is 50.0 Å². The van der Waals surface area contributed by atoms with E-state index in [9.17, 15) is 4.79 Å².